The quantitative estimate of drug-likeness (QED) is 0.892. The van der Waals surface area contributed by atoms with Gasteiger partial charge in [0.1, 0.15) is 5.82 Å². The summed E-state index contributed by atoms with van der Waals surface area (Å²) in [5.41, 5.74) is 2.14. The van der Waals surface area contributed by atoms with Crippen LogP contribution in [0, 0.1) is 5.82 Å². The number of benzene rings is 1. The van der Waals surface area contributed by atoms with E-state index >= 15 is 0 Å². The molecule has 0 spiro atoms. The fraction of sp³-hybridized carbons (Fsp3) is 0.357. The number of ether oxygens (including phenoxy) is 1. The molecule has 22 heavy (non-hydrogen) atoms. The Hall–Kier alpha value is -1.77. The van der Waals surface area contributed by atoms with E-state index in [1.54, 1.807) is 10.9 Å². The second-order valence-corrected chi connectivity index (χ2v) is 6.76. The maximum absolute atomic E-state index is 12.8. The Balaban J connectivity index is 1.63. The van der Waals surface area contributed by atoms with Crippen molar-refractivity contribution in [3.05, 3.63) is 47.5 Å². The Morgan fingerprint density at radius 1 is 1.32 bits per heavy atom. The third kappa shape index (κ3) is 3.18. The average molecular weight is 325 g/mol. The molecule has 3 rings (SSSR count). The zero-order chi connectivity index (χ0) is 15.6. The summed E-state index contributed by atoms with van der Waals surface area (Å²) in [6.45, 7) is 1.86. The molecule has 2 heterocycles. The van der Waals surface area contributed by atoms with Crippen molar-refractivity contribution in [3.63, 3.8) is 0 Å². The number of rotatable bonds is 5. The number of sulfonamides is 1. The summed E-state index contributed by atoms with van der Waals surface area (Å²) < 4.78 is 46.6. The number of aromatic nitrogens is 2. The van der Waals surface area contributed by atoms with E-state index < -0.39 is 15.8 Å². The first-order chi connectivity index (χ1) is 10.6. The first-order valence-corrected chi connectivity index (χ1v) is 8.41. The van der Waals surface area contributed by atoms with E-state index in [2.05, 4.69) is 9.82 Å². The van der Waals surface area contributed by atoms with Gasteiger partial charge in [0.05, 0.1) is 30.9 Å². The van der Waals surface area contributed by atoms with Crippen molar-refractivity contribution in [2.24, 2.45) is 0 Å². The number of hydrogen-bond acceptors (Lipinski definition) is 4. The molecule has 0 atom stereocenters. The highest BCUT2D eigenvalue weighted by Crippen LogP contribution is 2.16. The molecule has 0 aliphatic carbocycles. The zero-order valence-corrected chi connectivity index (χ0v) is 12.6. The molecule has 8 heteroatoms. The van der Waals surface area contributed by atoms with Crippen molar-refractivity contribution in [2.45, 2.75) is 24.5 Å². The fourth-order valence-electron chi connectivity index (χ4n) is 2.39. The van der Waals surface area contributed by atoms with Gasteiger partial charge in [-0.05, 0) is 24.3 Å². The summed E-state index contributed by atoms with van der Waals surface area (Å²) in [4.78, 5) is 0.0461. The summed E-state index contributed by atoms with van der Waals surface area (Å²) in [6, 6.07) is 4.73. The van der Waals surface area contributed by atoms with Crippen molar-refractivity contribution in [1.82, 2.24) is 14.5 Å². The van der Waals surface area contributed by atoms with Crippen LogP contribution in [0.3, 0.4) is 0 Å². The second-order valence-electron chi connectivity index (χ2n) is 4.99. The lowest BCUT2D eigenvalue weighted by Gasteiger charge is -2.14. The van der Waals surface area contributed by atoms with E-state index in [4.69, 9.17) is 4.74 Å². The van der Waals surface area contributed by atoms with Crippen LogP contribution >= 0.6 is 0 Å². The minimum absolute atomic E-state index is 0.0461. The first kappa shape index (κ1) is 15.1. The number of nitrogens with zero attached hydrogens (tertiary/aromatic N) is 2. The number of fused-ring (bicyclic) bond motifs is 1. The van der Waals surface area contributed by atoms with Gasteiger partial charge in [-0.1, -0.05) is 0 Å². The lowest BCUT2D eigenvalue weighted by Crippen LogP contribution is -2.28. The molecule has 1 aliphatic heterocycles. The SMILES string of the molecule is O=S(=O)(NCCn1ncc2c1CCOC2)c1ccc(F)cc1. The van der Waals surface area contributed by atoms with Crippen molar-refractivity contribution >= 4 is 10.0 Å². The summed E-state index contributed by atoms with van der Waals surface area (Å²) >= 11 is 0. The molecule has 0 unspecified atom stereocenters. The van der Waals surface area contributed by atoms with Crippen LogP contribution in [0.2, 0.25) is 0 Å². The fourth-order valence-corrected chi connectivity index (χ4v) is 3.41. The van der Waals surface area contributed by atoms with E-state index in [1.165, 1.54) is 12.1 Å². The van der Waals surface area contributed by atoms with E-state index in [-0.39, 0.29) is 11.4 Å². The first-order valence-electron chi connectivity index (χ1n) is 6.93. The van der Waals surface area contributed by atoms with E-state index in [1.807, 2.05) is 0 Å². The smallest absolute Gasteiger partial charge is 0.240 e. The normalized spacial score (nSPS) is 14.8. The molecule has 0 saturated heterocycles. The van der Waals surface area contributed by atoms with Gasteiger partial charge in [-0.2, -0.15) is 5.10 Å². The molecule has 6 nitrogen and oxygen atoms in total. The largest absolute Gasteiger partial charge is 0.376 e. The number of nitrogens with one attached hydrogen (secondary N) is 1. The van der Waals surface area contributed by atoms with Gasteiger partial charge in [0.15, 0.2) is 0 Å². The van der Waals surface area contributed by atoms with Crippen LogP contribution < -0.4 is 4.72 Å². The van der Waals surface area contributed by atoms with Crippen molar-refractivity contribution in [2.75, 3.05) is 13.2 Å². The summed E-state index contributed by atoms with van der Waals surface area (Å²) in [5, 5.41) is 4.25. The van der Waals surface area contributed by atoms with Crippen LogP contribution in [0.25, 0.3) is 0 Å². The number of hydrogen-bond donors (Lipinski definition) is 1. The molecule has 0 bridgehead atoms. The predicted octanol–water partition coefficient (Wildman–Crippen LogP) is 1.07. The highest BCUT2D eigenvalue weighted by molar-refractivity contribution is 7.89. The van der Waals surface area contributed by atoms with Gasteiger partial charge in [0.2, 0.25) is 10.0 Å². The monoisotopic (exact) mass is 325 g/mol. The maximum atomic E-state index is 12.8. The standard InChI is InChI=1S/C14H16FN3O3S/c15-12-1-3-13(4-2-12)22(19,20)17-6-7-18-14-5-8-21-10-11(14)9-16-18/h1-4,9,17H,5-8,10H2. The minimum atomic E-state index is -3.63. The Morgan fingerprint density at radius 3 is 2.86 bits per heavy atom. The average Bonchev–Trinajstić information content (AvgIpc) is 2.91. The predicted molar refractivity (Wildman–Crippen MR) is 77.2 cm³/mol. The highest BCUT2D eigenvalue weighted by Gasteiger charge is 2.17. The van der Waals surface area contributed by atoms with Crippen LogP contribution in [0.5, 0.6) is 0 Å². The van der Waals surface area contributed by atoms with Crippen LogP contribution in [0.1, 0.15) is 11.3 Å². The highest BCUT2D eigenvalue weighted by atomic mass is 32.2. The molecule has 1 N–H and O–H groups in total. The Kier molecular flexibility index (Phi) is 4.23. The molecule has 0 amide bonds. The molecule has 1 aromatic heterocycles. The van der Waals surface area contributed by atoms with Gasteiger partial charge in [-0.15, -0.1) is 0 Å². The van der Waals surface area contributed by atoms with Crippen LogP contribution in [0.4, 0.5) is 4.39 Å². The molecule has 1 aliphatic rings. The minimum Gasteiger partial charge on any atom is -0.376 e. The maximum Gasteiger partial charge on any atom is 0.240 e. The molecule has 0 radical (unpaired) electrons. The Bertz CT molecular complexity index is 756. The Labute approximate surface area is 128 Å². The molecule has 2 aromatic rings. The molecule has 0 fully saturated rings. The van der Waals surface area contributed by atoms with Crippen LogP contribution in [0.15, 0.2) is 35.4 Å². The van der Waals surface area contributed by atoms with Crippen LogP contribution in [-0.2, 0) is 34.3 Å². The van der Waals surface area contributed by atoms with Crippen molar-refractivity contribution < 1.29 is 17.5 Å². The summed E-state index contributed by atoms with van der Waals surface area (Å²) in [7, 11) is -3.63. The topological polar surface area (TPSA) is 73.2 Å². The van der Waals surface area contributed by atoms with Gasteiger partial charge in [0, 0.05) is 24.2 Å². The Morgan fingerprint density at radius 2 is 2.09 bits per heavy atom. The van der Waals surface area contributed by atoms with Gasteiger partial charge in [-0.25, -0.2) is 17.5 Å². The van der Waals surface area contributed by atoms with Crippen LogP contribution in [-0.4, -0.2) is 31.3 Å². The summed E-state index contributed by atoms with van der Waals surface area (Å²) in [6.07, 6.45) is 2.53. The van der Waals surface area contributed by atoms with Gasteiger partial charge in [0.25, 0.3) is 0 Å². The van der Waals surface area contributed by atoms with Crippen molar-refractivity contribution in [3.8, 4) is 0 Å². The van der Waals surface area contributed by atoms with Gasteiger partial charge >= 0.3 is 0 Å². The molecular weight excluding hydrogens is 309 g/mol. The lowest BCUT2D eigenvalue weighted by molar-refractivity contribution is 0.109. The lowest BCUT2D eigenvalue weighted by atomic mass is 10.2. The summed E-state index contributed by atoms with van der Waals surface area (Å²) in [5.74, 6) is -0.468. The molecule has 118 valence electrons. The van der Waals surface area contributed by atoms with Gasteiger partial charge < -0.3 is 4.74 Å². The van der Waals surface area contributed by atoms with E-state index in [0.717, 1.165) is 29.8 Å². The third-order valence-electron chi connectivity index (χ3n) is 3.52. The molecular formula is C14H16FN3O3S. The molecule has 0 saturated carbocycles. The zero-order valence-electron chi connectivity index (χ0n) is 11.8. The second kappa shape index (κ2) is 6.15. The third-order valence-corrected chi connectivity index (χ3v) is 4.99. The van der Waals surface area contributed by atoms with E-state index in [9.17, 15) is 12.8 Å². The van der Waals surface area contributed by atoms with Crippen molar-refractivity contribution in [1.29, 1.82) is 0 Å². The van der Waals surface area contributed by atoms with E-state index in [0.29, 0.717) is 19.8 Å². The number of halogens is 1. The van der Waals surface area contributed by atoms with Gasteiger partial charge in [-0.3, -0.25) is 4.68 Å². The molecule has 1 aromatic carbocycles.